The number of hydrogen-bond acceptors (Lipinski definition) is 4. The minimum atomic E-state index is -3.37. The summed E-state index contributed by atoms with van der Waals surface area (Å²) in [6.45, 7) is 6.15. The molecule has 2 fully saturated rings. The number of nitrogens with zero attached hydrogens (tertiary/aromatic N) is 2. The molecule has 2 N–H and O–H groups in total. The monoisotopic (exact) mass is 305 g/mol. The van der Waals surface area contributed by atoms with Crippen molar-refractivity contribution in [2.24, 2.45) is 5.92 Å². The lowest BCUT2D eigenvalue weighted by Gasteiger charge is -2.35. The number of piperidine rings is 2. The van der Waals surface area contributed by atoms with Gasteiger partial charge in [-0.1, -0.05) is 6.92 Å². The minimum Gasteiger partial charge on any atom is -0.396 e. The fraction of sp³-hybridized carbons (Fsp3) is 1.00. The summed E-state index contributed by atoms with van der Waals surface area (Å²) < 4.78 is 29.1. The molecule has 0 aromatic rings. The first kappa shape index (κ1) is 16.2. The Morgan fingerprint density at radius 3 is 2.50 bits per heavy atom. The van der Waals surface area contributed by atoms with Crippen molar-refractivity contribution in [1.82, 2.24) is 13.9 Å². The summed E-state index contributed by atoms with van der Waals surface area (Å²) in [6.07, 6.45) is 3.47. The third kappa shape index (κ3) is 4.14. The van der Waals surface area contributed by atoms with Crippen molar-refractivity contribution in [3.05, 3.63) is 0 Å². The van der Waals surface area contributed by atoms with Crippen LogP contribution in [0.15, 0.2) is 0 Å². The van der Waals surface area contributed by atoms with Crippen molar-refractivity contribution in [3.8, 4) is 0 Å². The average Bonchev–Trinajstić information content (AvgIpc) is 2.47. The maximum atomic E-state index is 12.4. The summed E-state index contributed by atoms with van der Waals surface area (Å²) in [5.41, 5.74) is 0. The first-order valence-corrected chi connectivity index (χ1v) is 9.09. The summed E-state index contributed by atoms with van der Waals surface area (Å²) in [5, 5.41) is 9.11. The van der Waals surface area contributed by atoms with E-state index in [9.17, 15) is 8.42 Å². The summed E-state index contributed by atoms with van der Waals surface area (Å²) in [6, 6.07) is 0.0317. The molecule has 1 atom stereocenters. The largest absolute Gasteiger partial charge is 0.396 e. The van der Waals surface area contributed by atoms with Crippen LogP contribution in [0.4, 0.5) is 0 Å². The van der Waals surface area contributed by atoms with E-state index >= 15 is 0 Å². The highest BCUT2D eigenvalue weighted by atomic mass is 32.2. The normalized spacial score (nSPS) is 27.8. The zero-order valence-electron chi connectivity index (χ0n) is 12.3. The van der Waals surface area contributed by atoms with Crippen LogP contribution >= 0.6 is 0 Å². The average molecular weight is 305 g/mol. The number of nitrogens with one attached hydrogen (secondary N) is 1. The second kappa shape index (κ2) is 7.17. The van der Waals surface area contributed by atoms with Gasteiger partial charge in [0.25, 0.3) is 10.2 Å². The van der Waals surface area contributed by atoms with Gasteiger partial charge in [-0.25, -0.2) is 0 Å². The van der Waals surface area contributed by atoms with E-state index in [2.05, 4.69) is 16.5 Å². The molecular weight excluding hydrogens is 278 g/mol. The van der Waals surface area contributed by atoms with Gasteiger partial charge >= 0.3 is 0 Å². The molecule has 2 saturated heterocycles. The summed E-state index contributed by atoms with van der Waals surface area (Å²) in [5.74, 6) is 0.256. The van der Waals surface area contributed by atoms with Crippen LogP contribution in [0.3, 0.4) is 0 Å². The van der Waals surface area contributed by atoms with Gasteiger partial charge in [-0.05, 0) is 44.7 Å². The number of likely N-dealkylation sites (N-methyl/N-ethyl adjacent to an activating group) is 1. The SMILES string of the molecule is CCN1CCCC(NS(=O)(=O)N2CCC(CO)CC2)C1. The van der Waals surface area contributed by atoms with E-state index < -0.39 is 10.2 Å². The van der Waals surface area contributed by atoms with Crippen molar-refractivity contribution in [2.45, 2.75) is 38.6 Å². The second-order valence-corrected chi connectivity index (χ2v) is 7.58. The molecule has 118 valence electrons. The number of rotatable bonds is 5. The van der Waals surface area contributed by atoms with E-state index in [4.69, 9.17) is 5.11 Å². The zero-order chi connectivity index (χ0) is 14.6. The van der Waals surface area contributed by atoms with E-state index in [-0.39, 0.29) is 18.6 Å². The van der Waals surface area contributed by atoms with Gasteiger partial charge in [0.1, 0.15) is 0 Å². The van der Waals surface area contributed by atoms with E-state index in [1.807, 2.05) is 0 Å². The highest BCUT2D eigenvalue weighted by molar-refractivity contribution is 7.87. The fourth-order valence-corrected chi connectivity index (χ4v) is 4.51. The predicted octanol–water partition coefficient (Wildman–Crippen LogP) is 0.00940. The molecule has 0 bridgehead atoms. The van der Waals surface area contributed by atoms with Crippen molar-refractivity contribution in [3.63, 3.8) is 0 Å². The van der Waals surface area contributed by atoms with Crippen LogP contribution in [0.25, 0.3) is 0 Å². The Hall–Kier alpha value is -0.210. The first-order chi connectivity index (χ1) is 9.55. The number of likely N-dealkylation sites (tertiary alicyclic amines) is 1. The van der Waals surface area contributed by atoms with E-state index in [1.165, 1.54) is 4.31 Å². The predicted molar refractivity (Wildman–Crippen MR) is 78.6 cm³/mol. The molecule has 2 aliphatic heterocycles. The van der Waals surface area contributed by atoms with Crippen LogP contribution in [0.2, 0.25) is 0 Å². The second-order valence-electron chi connectivity index (χ2n) is 5.88. The third-order valence-corrected chi connectivity index (χ3v) is 6.12. The molecule has 2 heterocycles. The van der Waals surface area contributed by atoms with Gasteiger partial charge in [0.2, 0.25) is 0 Å². The van der Waals surface area contributed by atoms with Gasteiger partial charge < -0.3 is 10.0 Å². The summed E-state index contributed by atoms with van der Waals surface area (Å²) >= 11 is 0. The smallest absolute Gasteiger partial charge is 0.279 e. The first-order valence-electron chi connectivity index (χ1n) is 7.65. The van der Waals surface area contributed by atoms with E-state index in [0.29, 0.717) is 13.1 Å². The van der Waals surface area contributed by atoms with Gasteiger partial charge in [-0.3, -0.25) is 0 Å². The maximum absolute atomic E-state index is 12.4. The molecule has 20 heavy (non-hydrogen) atoms. The molecule has 2 rings (SSSR count). The van der Waals surface area contributed by atoms with Crippen LogP contribution in [0.5, 0.6) is 0 Å². The topological polar surface area (TPSA) is 72.9 Å². The molecule has 1 unspecified atom stereocenters. The standard InChI is InChI=1S/C13H27N3O3S/c1-2-15-7-3-4-13(10-15)14-20(18,19)16-8-5-12(11-17)6-9-16/h12-14,17H,2-11H2,1H3. The Morgan fingerprint density at radius 1 is 1.20 bits per heavy atom. The zero-order valence-corrected chi connectivity index (χ0v) is 13.1. The van der Waals surface area contributed by atoms with Crippen molar-refractivity contribution < 1.29 is 13.5 Å². The molecule has 0 spiro atoms. The molecule has 6 nitrogen and oxygen atoms in total. The Kier molecular flexibility index (Phi) is 5.80. The van der Waals surface area contributed by atoms with Crippen LogP contribution in [-0.2, 0) is 10.2 Å². The molecule has 0 aliphatic carbocycles. The highest BCUT2D eigenvalue weighted by Gasteiger charge is 2.30. The molecule has 0 saturated carbocycles. The van der Waals surface area contributed by atoms with E-state index in [1.54, 1.807) is 0 Å². The highest BCUT2D eigenvalue weighted by Crippen LogP contribution is 2.19. The third-order valence-electron chi connectivity index (χ3n) is 4.44. The van der Waals surface area contributed by atoms with Gasteiger partial charge in [-0.15, -0.1) is 0 Å². The molecule has 0 aromatic heterocycles. The maximum Gasteiger partial charge on any atom is 0.279 e. The van der Waals surface area contributed by atoms with Crippen LogP contribution in [0, 0.1) is 5.92 Å². The van der Waals surface area contributed by atoms with Crippen molar-refractivity contribution in [2.75, 3.05) is 39.3 Å². The van der Waals surface area contributed by atoms with Gasteiger partial charge in [0.05, 0.1) is 0 Å². The molecule has 0 amide bonds. The number of hydrogen-bond donors (Lipinski definition) is 2. The Morgan fingerprint density at radius 2 is 1.90 bits per heavy atom. The lowest BCUT2D eigenvalue weighted by atomic mass is 10.00. The van der Waals surface area contributed by atoms with Gasteiger partial charge in [0, 0.05) is 32.3 Å². The van der Waals surface area contributed by atoms with Crippen LogP contribution in [-0.4, -0.2) is 68.1 Å². The summed E-state index contributed by atoms with van der Waals surface area (Å²) in [7, 11) is -3.37. The number of aliphatic hydroxyl groups is 1. The molecular formula is C13H27N3O3S. The molecule has 0 aromatic carbocycles. The van der Waals surface area contributed by atoms with Gasteiger partial charge in [0.15, 0.2) is 0 Å². The quantitative estimate of drug-likeness (QED) is 0.750. The number of aliphatic hydroxyl groups excluding tert-OH is 1. The minimum absolute atomic E-state index is 0.0317. The van der Waals surface area contributed by atoms with Crippen molar-refractivity contribution in [1.29, 1.82) is 0 Å². The van der Waals surface area contributed by atoms with Crippen LogP contribution < -0.4 is 4.72 Å². The fourth-order valence-electron chi connectivity index (χ4n) is 3.06. The van der Waals surface area contributed by atoms with Crippen LogP contribution in [0.1, 0.15) is 32.6 Å². The van der Waals surface area contributed by atoms with Gasteiger partial charge in [-0.2, -0.15) is 17.4 Å². The Balaban J connectivity index is 1.87. The Labute approximate surface area is 122 Å². The molecule has 7 heteroatoms. The van der Waals surface area contributed by atoms with Crippen molar-refractivity contribution >= 4 is 10.2 Å². The molecule has 2 aliphatic rings. The van der Waals surface area contributed by atoms with E-state index in [0.717, 1.165) is 45.3 Å². The molecule has 0 radical (unpaired) electrons. The summed E-state index contributed by atoms with van der Waals surface area (Å²) in [4.78, 5) is 2.29. The Bertz CT molecular complexity index is 394. The lowest BCUT2D eigenvalue weighted by Crippen LogP contribution is -2.53. The lowest BCUT2D eigenvalue weighted by molar-refractivity contribution is 0.167.